The van der Waals surface area contributed by atoms with Crippen LogP contribution in [0.25, 0.3) is 10.2 Å². The minimum Gasteiger partial charge on any atom is -0.497 e. The lowest BCUT2D eigenvalue weighted by atomic mass is 10.2. The summed E-state index contributed by atoms with van der Waals surface area (Å²) in [4.78, 5) is 18.4. The number of carbonyl (C=O) groups is 1. The molecule has 37 heavy (non-hydrogen) atoms. The fourth-order valence-electron chi connectivity index (χ4n) is 3.95. The molecule has 1 aliphatic rings. The van der Waals surface area contributed by atoms with E-state index in [1.165, 1.54) is 44.9 Å². The van der Waals surface area contributed by atoms with E-state index in [4.69, 9.17) is 4.74 Å². The molecular weight excluding hydrogens is 576 g/mol. The van der Waals surface area contributed by atoms with Crippen LogP contribution < -0.4 is 9.75 Å². The van der Waals surface area contributed by atoms with Gasteiger partial charge < -0.3 is 4.74 Å². The third kappa shape index (κ3) is 5.45. The maximum Gasteiger partial charge on any atom is 0.280 e. The number of hydrazone groups is 1. The molecule has 0 bridgehead atoms. The van der Waals surface area contributed by atoms with Crippen molar-refractivity contribution in [2.24, 2.45) is 5.10 Å². The number of fused-ring (bicyclic) bond motifs is 1. The number of benzene rings is 3. The Morgan fingerprint density at radius 1 is 1.08 bits per heavy atom. The molecular formula is C26H23BrN4O4S2. The van der Waals surface area contributed by atoms with Gasteiger partial charge in [0.15, 0.2) is 0 Å². The molecule has 11 heteroatoms. The molecule has 0 aliphatic carbocycles. The third-order valence-corrected chi connectivity index (χ3v) is 9.35. The summed E-state index contributed by atoms with van der Waals surface area (Å²) in [6, 6.07) is 19.0. The summed E-state index contributed by atoms with van der Waals surface area (Å²) < 4.78 is 34.3. The highest BCUT2D eigenvalue weighted by Gasteiger charge is 2.28. The number of rotatable bonds is 7. The number of anilines is 1. The van der Waals surface area contributed by atoms with Crippen LogP contribution in [0.4, 0.5) is 5.13 Å². The Labute approximate surface area is 227 Å². The number of aromatic nitrogens is 1. The number of nitrogens with zero attached hydrogens (tertiary/aromatic N) is 4. The smallest absolute Gasteiger partial charge is 0.280 e. The van der Waals surface area contributed by atoms with Gasteiger partial charge in [-0.3, -0.25) is 4.79 Å². The molecule has 0 N–H and O–H groups in total. The zero-order valence-electron chi connectivity index (χ0n) is 19.9. The van der Waals surface area contributed by atoms with Gasteiger partial charge in [-0.1, -0.05) is 27.3 Å². The maximum atomic E-state index is 13.6. The van der Waals surface area contributed by atoms with E-state index in [9.17, 15) is 13.2 Å². The van der Waals surface area contributed by atoms with Gasteiger partial charge in [0, 0.05) is 23.1 Å². The number of hydrogen-bond donors (Lipinski definition) is 0. The van der Waals surface area contributed by atoms with Crippen molar-refractivity contribution >= 4 is 64.8 Å². The van der Waals surface area contributed by atoms with Gasteiger partial charge in [0.05, 0.1) is 28.4 Å². The van der Waals surface area contributed by atoms with Crippen LogP contribution in [0.5, 0.6) is 5.75 Å². The molecule has 3 aromatic carbocycles. The van der Waals surface area contributed by atoms with E-state index in [0.29, 0.717) is 29.5 Å². The molecule has 0 radical (unpaired) electrons. The van der Waals surface area contributed by atoms with Gasteiger partial charge in [0.1, 0.15) is 5.75 Å². The number of thiazole rings is 1. The van der Waals surface area contributed by atoms with Crippen molar-refractivity contribution in [3.05, 3.63) is 82.3 Å². The lowest BCUT2D eigenvalue weighted by Gasteiger charge is -2.16. The van der Waals surface area contributed by atoms with E-state index < -0.39 is 15.9 Å². The number of sulfonamides is 1. The highest BCUT2D eigenvalue weighted by molar-refractivity contribution is 9.10. The summed E-state index contributed by atoms with van der Waals surface area (Å²) in [6.07, 6.45) is 3.29. The van der Waals surface area contributed by atoms with Gasteiger partial charge >= 0.3 is 0 Å². The van der Waals surface area contributed by atoms with Crippen LogP contribution in [0.2, 0.25) is 0 Å². The minimum atomic E-state index is -3.57. The van der Waals surface area contributed by atoms with Gasteiger partial charge in [-0.05, 0) is 85.1 Å². The highest BCUT2D eigenvalue weighted by Crippen LogP contribution is 2.32. The normalized spacial score (nSPS) is 14.4. The minimum absolute atomic E-state index is 0.170. The van der Waals surface area contributed by atoms with E-state index in [1.54, 1.807) is 13.3 Å². The summed E-state index contributed by atoms with van der Waals surface area (Å²) in [5.74, 6) is 0.291. The van der Waals surface area contributed by atoms with Gasteiger partial charge in [-0.25, -0.2) is 13.4 Å². The van der Waals surface area contributed by atoms with E-state index in [0.717, 1.165) is 33.1 Å². The summed E-state index contributed by atoms with van der Waals surface area (Å²) in [7, 11) is -1.98. The Morgan fingerprint density at radius 3 is 2.46 bits per heavy atom. The third-order valence-electron chi connectivity index (χ3n) is 5.95. The van der Waals surface area contributed by atoms with Crippen LogP contribution >= 0.6 is 27.3 Å². The van der Waals surface area contributed by atoms with Crippen LogP contribution in [-0.4, -0.2) is 50.0 Å². The van der Waals surface area contributed by atoms with E-state index in [1.807, 2.05) is 42.5 Å². The quantitative estimate of drug-likeness (QED) is 0.206. The predicted octanol–water partition coefficient (Wildman–Crippen LogP) is 5.53. The molecule has 1 saturated heterocycles. The number of hydrogen-bond acceptors (Lipinski definition) is 7. The van der Waals surface area contributed by atoms with Crippen LogP contribution in [0.1, 0.15) is 28.8 Å². The largest absolute Gasteiger partial charge is 0.497 e. The molecule has 0 spiro atoms. The van der Waals surface area contributed by atoms with Crippen LogP contribution in [0, 0.1) is 0 Å². The van der Waals surface area contributed by atoms with E-state index >= 15 is 0 Å². The molecule has 1 amide bonds. The Balaban J connectivity index is 1.48. The number of halogens is 1. The van der Waals surface area contributed by atoms with Crippen LogP contribution in [0.15, 0.2) is 81.2 Å². The Hall–Kier alpha value is -3.12. The summed E-state index contributed by atoms with van der Waals surface area (Å²) in [6.45, 7) is 1.04. The molecule has 2 heterocycles. The summed E-state index contributed by atoms with van der Waals surface area (Å²) >= 11 is 4.81. The van der Waals surface area contributed by atoms with Crippen molar-refractivity contribution in [3.8, 4) is 5.75 Å². The van der Waals surface area contributed by atoms with Crippen molar-refractivity contribution < 1.29 is 17.9 Å². The molecule has 190 valence electrons. The first-order valence-corrected chi connectivity index (χ1v) is 14.6. The SMILES string of the molecule is COc1ccc(/C=N/N(C(=O)c2ccc(S(=O)(=O)N3CCCC3)cc2)c2nc3ccc(Br)cc3s2)cc1. The summed E-state index contributed by atoms with van der Waals surface area (Å²) in [5, 5.41) is 6.12. The molecule has 0 atom stereocenters. The maximum absolute atomic E-state index is 13.6. The second-order valence-corrected chi connectivity index (χ2v) is 12.2. The monoisotopic (exact) mass is 598 g/mol. The van der Waals surface area contributed by atoms with Crippen molar-refractivity contribution in [3.63, 3.8) is 0 Å². The second-order valence-electron chi connectivity index (χ2n) is 8.38. The van der Waals surface area contributed by atoms with Gasteiger partial charge in [0.2, 0.25) is 15.2 Å². The molecule has 1 fully saturated rings. The molecule has 1 aromatic heterocycles. The first-order valence-electron chi connectivity index (χ1n) is 11.5. The van der Waals surface area contributed by atoms with Gasteiger partial charge in [-0.15, -0.1) is 0 Å². The fraction of sp³-hybridized carbons (Fsp3) is 0.192. The lowest BCUT2D eigenvalue weighted by Crippen LogP contribution is -2.28. The number of ether oxygens (including phenoxy) is 1. The number of methoxy groups -OCH3 is 1. The van der Waals surface area contributed by atoms with Crippen molar-refractivity contribution in [2.45, 2.75) is 17.7 Å². The van der Waals surface area contributed by atoms with Gasteiger partial charge in [0.25, 0.3) is 5.91 Å². The lowest BCUT2D eigenvalue weighted by molar-refractivity contribution is 0.0987. The first kappa shape index (κ1) is 25.5. The molecule has 0 saturated carbocycles. The predicted molar refractivity (Wildman–Crippen MR) is 149 cm³/mol. The van der Waals surface area contributed by atoms with Crippen molar-refractivity contribution in [1.82, 2.24) is 9.29 Å². The Morgan fingerprint density at radius 2 is 1.78 bits per heavy atom. The summed E-state index contributed by atoms with van der Waals surface area (Å²) in [5.41, 5.74) is 1.81. The van der Waals surface area contributed by atoms with E-state index in [2.05, 4.69) is 26.0 Å². The van der Waals surface area contributed by atoms with Crippen LogP contribution in [-0.2, 0) is 10.0 Å². The standard InChI is InChI=1S/C26H23BrN4O4S2/c1-35-21-9-4-18(5-10-21)17-28-31(26-29-23-13-8-20(27)16-24(23)36-26)25(32)19-6-11-22(12-7-19)37(33,34)30-14-2-3-15-30/h4-13,16-17H,2-3,14-15H2,1H3/b28-17+. The average molecular weight is 600 g/mol. The zero-order valence-corrected chi connectivity index (χ0v) is 23.1. The number of carbonyl (C=O) groups excluding carboxylic acids is 1. The molecule has 5 rings (SSSR count). The Kier molecular flexibility index (Phi) is 7.38. The molecule has 4 aromatic rings. The second kappa shape index (κ2) is 10.7. The topological polar surface area (TPSA) is 92.2 Å². The van der Waals surface area contributed by atoms with Crippen molar-refractivity contribution in [2.75, 3.05) is 25.2 Å². The van der Waals surface area contributed by atoms with E-state index in [-0.39, 0.29) is 4.90 Å². The first-order chi connectivity index (χ1) is 17.8. The molecule has 0 unspecified atom stereocenters. The number of amides is 1. The van der Waals surface area contributed by atoms with Crippen LogP contribution in [0.3, 0.4) is 0 Å². The zero-order chi connectivity index (χ0) is 26.0. The van der Waals surface area contributed by atoms with Crippen molar-refractivity contribution in [1.29, 1.82) is 0 Å². The Bertz CT molecular complexity index is 1560. The average Bonchev–Trinajstić information content (AvgIpc) is 3.60. The van der Waals surface area contributed by atoms with Gasteiger partial charge in [-0.2, -0.15) is 14.4 Å². The molecule has 8 nitrogen and oxygen atoms in total. The molecule has 1 aliphatic heterocycles. The fourth-order valence-corrected chi connectivity index (χ4v) is 6.94. The highest BCUT2D eigenvalue weighted by atomic mass is 79.9.